The van der Waals surface area contributed by atoms with Gasteiger partial charge in [0, 0.05) is 12.8 Å². The number of aromatic nitrogens is 3. The number of anilines is 3. The number of aromatic amines is 1. The Bertz CT molecular complexity index is 1030. The van der Waals surface area contributed by atoms with Crippen LogP contribution < -0.4 is 20.1 Å². The van der Waals surface area contributed by atoms with E-state index in [1.165, 1.54) is 0 Å². The van der Waals surface area contributed by atoms with E-state index in [9.17, 15) is 4.79 Å². The van der Waals surface area contributed by atoms with Gasteiger partial charge in [-0.1, -0.05) is 0 Å². The molecule has 0 aliphatic carbocycles. The second-order valence-corrected chi connectivity index (χ2v) is 6.64. The lowest BCUT2D eigenvalue weighted by atomic mass is 10.1. The summed E-state index contributed by atoms with van der Waals surface area (Å²) in [6.45, 7) is 2.22. The number of H-pyrrole nitrogens is 1. The second kappa shape index (κ2) is 7.01. The Kier molecular flexibility index (Phi) is 4.21. The van der Waals surface area contributed by atoms with Crippen LogP contribution in [0.5, 0.6) is 11.5 Å². The first-order valence-electron chi connectivity index (χ1n) is 9.16. The number of benzene rings is 1. The molecule has 5 rings (SSSR count). The molecule has 144 valence electrons. The lowest BCUT2D eigenvalue weighted by molar-refractivity contribution is 0.111. The van der Waals surface area contributed by atoms with Crippen LogP contribution in [0.15, 0.2) is 24.4 Å². The van der Waals surface area contributed by atoms with Crippen LogP contribution in [0.4, 0.5) is 17.5 Å². The molecule has 0 bridgehead atoms. The van der Waals surface area contributed by atoms with Gasteiger partial charge in [0.25, 0.3) is 0 Å². The first kappa shape index (κ1) is 16.8. The van der Waals surface area contributed by atoms with Crippen LogP contribution >= 0.6 is 0 Å². The number of rotatable bonds is 5. The van der Waals surface area contributed by atoms with E-state index in [0.717, 1.165) is 36.2 Å². The van der Waals surface area contributed by atoms with Crippen LogP contribution in [0.3, 0.4) is 0 Å². The molecule has 1 unspecified atom stereocenters. The summed E-state index contributed by atoms with van der Waals surface area (Å²) in [6.07, 6.45) is 3.52. The Hall–Kier alpha value is -3.33. The van der Waals surface area contributed by atoms with Crippen molar-refractivity contribution in [1.82, 2.24) is 15.0 Å². The number of hydrogen-bond acceptors (Lipinski definition) is 8. The minimum atomic E-state index is 0.220. The topological polar surface area (TPSA) is 110 Å². The first-order valence-corrected chi connectivity index (χ1v) is 9.16. The average Bonchev–Trinajstić information content (AvgIpc) is 3.40. The molecule has 1 saturated heterocycles. The Balaban J connectivity index is 1.51. The molecule has 28 heavy (non-hydrogen) atoms. The minimum Gasteiger partial charge on any atom is -0.485 e. The zero-order valence-electron chi connectivity index (χ0n) is 15.0. The highest BCUT2D eigenvalue weighted by molar-refractivity contribution is 5.89. The van der Waals surface area contributed by atoms with Crippen molar-refractivity contribution >= 4 is 34.8 Å². The molecule has 3 N–H and O–H groups in total. The Morgan fingerprint density at radius 2 is 2.00 bits per heavy atom. The number of nitrogens with one attached hydrogen (secondary N) is 3. The third-order valence-electron chi connectivity index (χ3n) is 4.78. The number of carbonyl (C=O) groups excluding carboxylic acids is 1. The molecule has 4 heterocycles. The largest absolute Gasteiger partial charge is 0.485 e. The van der Waals surface area contributed by atoms with E-state index >= 15 is 0 Å². The standard InChI is InChI=1S/C19H19N5O4/c25-9-11-1-2-14(16-15(11)27-7-8-28-16)22-19-23-17-13(3-5-20-17)18(24-19)21-12-4-6-26-10-12/h1-3,5,9,12H,4,6-8,10H2,(H3,20,21,22,23,24). The highest BCUT2D eigenvalue weighted by Crippen LogP contribution is 2.41. The fraction of sp³-hybridized carbons (Fsp3) is 0.316. The monoisotopic (exact) mass is 381 g/mol. The molecule has 2 aliphatic rings. The highest BCUT2D eigenvalue weighted by Gasteiger charge is 2.22. The van der Waals surface area contributed by atoms with Crippen molar-refractivity contribution in [3.8, 4) is 11.5 Å². The molecule has 0 saturated carbocycles. The number of fused-ring (bicyclic) bond motifs is 2. The van der Waals surface area contributed by atoms with E-state index in [1.807, 2.05) is 12.3 Å². The molecule has 0 radical (unpaired) electrons. The maximum absolute atomic E-state index is 11.3. The summed E-state index contributed by atoms with van der Waals surface area (Å²) < 4.78 is 16.8. The molecule has 2 aliphatic heterocycles. The van der Waals surface area contributed by atoms with Crippen molar-refractivity contribution in [2.24, 2.45) is 0 Å². The van der Waals surface area contributed by atoms with E-state index in [4.69, 9.17) is 14.2 Å². The molecule has 0 amide bonds. The summed E-state index contributed by atoms with van der Waals surface area (Å²) in [5.74, 6) is 2.07. The third kappa shape index (κ3) is 2.99. The van der Waals surface area contributed by atoms with Gasteiger partial charge in [-0.05, 0) is 24.6 Å². The van der Waals surface area contributed by atoms with Crippen LogP contribution in [0.25, 0.3) is 11.0 Å². The molecule has 0 spiro atoms. The summed E-state index contributed by atoms with van der Waals surface area (Å²) in [5, 5.41) is 7.55. The van der Waals surface area contributed by atoms with Crippen molar-refractivity contribution < 1.29 is 19.0 Å². The molecular weight excluding hydrogens is 362 g/mol. The van der Waals surface area contributed by atoms with Crippen molar-refractivity contribution in [2.45, 2.75) is 12.5 Å². The van der Waals surface area contributed by atoms with E-state index in [1.54, 1.807) is 12.1 Å². The molecule has 2 aromatic heterocycles. The van der Waals surface area contributed by atoms with Crippen molar-refractivity contribution in [1.29, 1.82) is 0 Å². The number of carbonyl (C=O) groups is 1. The zero-order valence-corrected chi connectivity index (χ0v) is 15.0. The van der Waals surface area contributed by atoms with Gasteiger partial charge >= 0.3 is 0 Å². The Labute approximate surface area is 160 Å². The lowest BCUT2D eigenvalue weighted by Crippen LogP contribution is -2.20. The van der Waals surface area contributed by atoms with Gasteiger partial charge in [0.15, 0.2) is 17.8 Å². The van der Waals surface area contributed by atoms with Crippen molar-refractivity contribution in [3.63, 3.8) is 0 Å². The van der Waals surface area contributed by atoms with Gasteiger partial charge in [0.1, 0.15) is 24.7 Å². The van der Waals surface area contributed by atoms with E-state index < -0.39 is 0 Å². The summed E-state index contributed by atoms with van der Waals surface area (Å²) in [6, 6.07) is 5.61. The predicted octanol–water partition coefficient (Wildman–Crippen LogP) is 2.49. The van der Waals surface area contributed by atoms with Gasteiger partial charge in [-0.15, -0.1) is 0 Å². The number of hydrogen-bond donors (Lipinski definition) is 3. The lowest BCUT2D eigenvalue weighted by Gasteiger charge is -2.22. The molecule has 1 aromatic carbocycles. The van der Waals surface area contributed by atoms with Crippen LogP contribution in [0.2, 0.25) is 0 Å². The first-order chi connectivity index (χ1) is 13.8. The maximum Gasteiger partial charge on any atom is 0.231 e. The van der Waals surface area contributed by atoms with Crippen LogP contribution in [-0.2, 0) is 4.74 Å². The smallest absolute Gasteiger partial charge is 0.231 e. The number of nitrogens with zero attached hydrogens (tertiary/aromatic N) is 2. The van der Waals surface area contributed by atoms with Crippen LogP contribution in [0, 0.1) is 0 Å². The summed E-state index contributed by atoms with van der Waals surface area (Å²) in [7, 11) is 0. The average molecular weight is 381 g/mol. The second-order valence-electron chi connectivity index (χ2n) is 6.64. The fourth-order valence-electron chi connectivity index (χ4n) is 3.42. The molecule has 9 heteroatoms. The quantitative estimate of drug-likeness (QED) is 0.578. The molecule has 1 fully saturated rings. The highest BCUT2D eigenvalue weighted by atomic mass is 16.6. The SMILES string of the molecule is O=Cc1ccc(Nc2nc(NC3CCOC3)c3cc[nH]c3n2)c2c1OCCO2. The van der Waals surface area contributed by atoms with Crippen molar-refractivity contribution in [2.75, 3.05) is 37.1 Å². The van der Waals surface area contributed by atoms with Gasteiger partial charge in [-0.25, -0.2) is 0 Å². The van der Waals surface area contributed by atoms with Crippen LogP contribution in [0.1, 0.15) is 16.8 Å². The third-order valence-corrected chi connectivity index (χ3v) is 4.78. The molecule has 9 nitrogen and oxygen atoms in total. The van der Waals surface area contributed by atoms with Crippen molar-refractivity contribution in [3.05, 3.63) is 30.0 Å². The molecular formula is C19H19N5O4. The summed E-state index contributed by atoms with van der Waals surface area (Å²) >= 11 is 0. The van der Waals surface area contributed by atoms with Gasteiger partial charge in [-0.3, -0.25) is 4.79 Å². The van der Waals surface area contributed by atoms with Gasteiger partial charge in [-0.2, -0.15) is 9.97 Å². The van der Waals surface area contributed by atoms with E-state index in [0.29, 0.717) is 48.5 Å². The van der Waals surface area contributed by atoms with E-state index in [2.05, 4.69) is 25.6 Å². The number of ether oxygens (including phenoxy) is 3. The fourth-order valence-corrected chi connectivity index (χ4v) is 3.42. The molecule has 3 aromatic rings. The Morgan fingerprint density at radius 3 is 2.82 bits per heavy atom. The summed E-state index contributed by atoms with van der Waals surface area (Å²) in [4.78, 5) is 23.6. The summed E-state index contributed by atoms with van der Waals surface area (Å²) in [5.41, 5.74) is 1.81. The van der Waals surface area contributed by atoms with Gasteiger partial charge in [0.05, 0.1) is 29.3 Å². The molecule has 1 atom stereocenters. The maximum atomic E-state index is 11.3. The zero-order chi connectivity index (χ0) is 18.9. The van der Waals surface area contributed by atoms with E-state index in [-0.39, 0.29) is 6.04 Å². The Morgan fingerprint density at radius 1 is 1.11 bits per heavy atom. The van der Waals surface area contributed by atoms with Gasteiger partial charge in [0.2, 0.25) is 5.95 Å². The van der Waals surface area contributed by atoms with Gasteiger partial charge < -0.3 is 29.8 Å². The minimum absolute atomic E-state index is 0.220. The van der Waals surface area contributed by atoms with Crippen LogP contribution in [-0.4, -0.2) is 53.7 Å². The predicted molar refractivity (Wildman–Crippen MR) is 103 cm³/mol. The normalized spacial score (nSPS) is 18.2. The number of aldehydes is 1.